The molecule has 0 aromatic carbocycles. The number of imide groups is 1. The van der Waals surface area contributed by atoms with E-state index in [1.54, 1.807) is 18.7 Å². The van der Waals surface area contributed by atoms with Crippen molar-refractivity contribution in [3.8, 4) is 0 Å². The molecule has 3 aliphatic heterocycles. The van der Waals surface area contributed by atoms with Crippen LogP contribution in [0.4, 0.5) is 4.79 Å². The highest BCUT2D eigenvalue weighted by molar-refractivity contribution is 8.00. The first-order valence-corrected chi connectivity index (χ1v) is 11.5. The van der Waals surface area contributed by atoms with Crippen LogP contribution in [0, 0.1) is 11.8 Å². The molecule has 0 radical (unpaired) electrons. The first-order valence-electron chi connectivity index (χ1n) is 10.5. The number of amides is 3. The van der Waals surface area contributed by atoms with Crippen molar-refractivity contribution in [2.45, 2.75) is 57.0 Å². The van der Waals surface area contributed by atoms with E-state index in [1.165, 1.54) is 19.3 Å². The Morgan fingerprint density at radius 2 is 1.89 bits per heavy atom. The van der Waals surface area contributed by atoms with Gasteiger partial charge in [-0.05, 0) is 57.7 Å². The van der Waals surface area contributed by atoms with Crippen molar-refractivity contribution in [3.05, 3.63) is 0 Å². The molecule has 3 fully saturated rings. The normalized spacial score (nSPS) is 29.2. The van der Waals surface area contributed by atoms with Gasteiger partial charge in [-0.1, -0.05) is 0 Å². The molecule has 0 aliphatic carbocycles. The second kappa shape index (κ2) is 10.5. The molecular weight excluding hydrogens is 380 g/mol. The number of alkyl carbamates (subject to hydrolysis) is 1. The molecule has 3 rings (SSSR count). The van der Waals surface area contributed by atoms with Crippen LogP contribution in [0.1, 0.15) is 45.4 Å². The predicted molar refractivity (Wildman–Crippen MR) is 108 cm³/mol. The minimum Gasteiger partial charge on any atom is -0.450 e. The van der Waals surface area contributed by atoms with E-state index < -0.39 is 12.0 Å². The van der Waals surface area contributed by atoms with Crippen molar-refractivity contribution >= 4 is 29.7 Å². The minimum absolute atomic E-state index is 0.00481. The summed E-state index contributed by atoms with van der Waals surface area (Å²) < 4.78 is 4.77. The molecular formula is C19H32N4O4S. The molecule has 3 aliphatic rings. The summed E-state index contributed by atoms with van der Waals surface area (Å²) in [5.41, 5.74) is 0. The van der Waals surface area contributed by atoms with E-state index in [0.29, 0.717) is 12.6 Å². The topological polar surface area (TPSA) is 99.8 Å². The highest BCUT2D eigenvalue weighted by Crippen LogP contribution is 2.31. The number of hydrogen-bond acceptors (Lipinski definition) is 7. The number of nitrogens with zero attached hydrogens (tertiary/aromatic N) is 1. The average molecular weight is 413 g/mol. The van der Waals surface area contributed by atoms with Gasteiger partial charge in [-0.3, -0.25) is 19.8 Å². The van der Waals surface area contributed by atoms with Crippen LogP contribution in [-0.4, -0.2) is 66.3 Å². The van der Waals surface area contributed by atoms with Crippen LogP contribution in [0.15, 0.2) is 0 Å². The summed E-state index contributed by atoms with van der Waals surface area (Å²) in [6, 6.07) is 0. The van der Waals surface area contributed by atoms with Gasteiger partial charge in [-0.2, -0.15) is 0 Å². The van der Waals surface area contributed by atoms with E-state index in [2.05, 4.69) is 20.9 Å². The molecule has 0 bridgehead atoms. The Labute approximate surface area is 170 Å². The van der Waals surface area contributed by atoms with Crippen LogP contribution in [0.5, 0.6) is 0 Å². The largest absolute Gasteiger partial charge is 0.450 e. The maximum Gasteiger partial charge on any atom is 0.413 e. The quantitative estimate of drug-likeness (QED) is 0.625. The number of carbonyl (C=O) groups is 3. The summed E-state index contributed by atoms with van der Waals surface area (Å²) in [6.07, 6.45) is 5.78. The number of hydrogen-bond donors (Lipinski definition) is 3. The van der Waals surface area contributed by atoms with Gasteiger partial charge in [0.25, 0.3) is 0 Å². The van der Waals surface area contributed by atoms with Gasteiger partial charge in [-0.15, -0.1) is 11.8 Å². The number of thioether (sulfide) groups is 1. The number of carbonyl (C=O) groups excluding carboxylic acids is 3. The first-order chi connectivity index (χ1) is 13.6. The molecule has 28 heavy (non-hydrogen) atoms. The maximum atomic E-state index is 12.7. The summed E-state index contributed by atoms with van der Waals surface area (Å²) in [5.74, 6) is 0.0497. The summed E-state index contributed by atoms with van der Waals surface area (Å²) in [6.45, 7) is 4.85. The zero-order valence-corrected chi connectivity index (χ0v) is 17.4. The van der Waals surface area contributed by atoms with Gasteiger partial charge in [0, 0.05) is 19.0 Å². The summed E-state index contributed by atoms with van der Waals surface area (Å²) in [4.78, 5) is 39.0. The van der Waals surface area contributed by atoms with Crippen molar-refractivity contribution in [3.63, 3.8) is 0 Å². The van der Waals surface area contributed by atoms with Gasteiger partial charge < -0.3 is 15.4 Å². The number of ether oxygens (including phenoxy) is 1. The fourth-order valence-corrected chi connectivity index (χ4v) is 5.57. The molecule has 3 saturated heterocycles. The van der Waals surface area contributed by atoms with E-state index in [9.17, 15) is 14.4 Å². The molecule has 3 atom stereocenters. The standard InChI is InChI=1S/C19H32N4O4S/c1-2-27-19(26)22-17(25)14-8-12-28-18(14)21-16(24)13-6-10-23(11-7-13)15-5-3-4-9-20-15/h13-15,18,20H,2-12H2,1H3,(H,21,24)(H,22,25,26). The molecule has 0 aromatic rings. The lowest BCUT2D eigenvalue weighted by atomic mass is 9.94. The highest BCUT2D eigenvalue weighted by atomic mass is 32.2. The van der Waals surface area contributed by atoms with Crippen LogP contribution < -0.4 is 16.0 Å². The Bertz CT molecular complexity index is 562. The van der Waals surface area contributed by atoms with Crippen LogP contribution in [0.2, 0.25) is 0 Å². The van der Waals surface area contributed by atoms with Gasteiger partial charge in [0.1, 0.15) is 0 Å². The summed E-state index contributed by atoms with van der Waals surface area (Å²) >= 11 is 1.57. The number of nitrogens with one attached hydrogen (secondary N) is 3. The van der Waals surface area contributed by atoms with Gasteiger partial charge in [0.2, 0.25) is 11.8 Å². The summed E-state index contributed by atoms with van der Waals surface area (Å²) in [5, 5.41) is 8.62. The van der Waals surface area contributed by atoms with Crippen molar-refractivity contribution < 1.29 is 19.1 Å². The van der Waals surface area contributed by atoms with Crippen molar-refractivity contribution in [1.82, 2.24) is 20.9 Å². The zero-order chi connectivity index (χ0) is 19.9. The van der Waals surface area contributed by atoms with Crippen LogP contribution in [0.25, 0.3) is 0 Å². The fraction of sp³-hybridized carbons (Fsp3) is 0.842. The lowest BCUT2D eigenvalue weighted by Gasteiger charge is -2.39. The molecule has 3 amide bonds. The Morgan fingerprint density at radius 3 is 2.57 bits per heavy atom. The van der Waals surface area contributed by atoms with E-state index in [-0.39, 0.29) is 29.7 Å². The van der Waals surface area contributed by atoms with Crippen molar-refractivity contribution in [1.29, 1.82) is 0 Å². The minimum atomic E-state index is -0.724. The zero-order valence-electron chi connectivity index (χ0n) is 16.6. The van der Waals surface area contributed by atoms with E-state index in [4.69, 9.17) is 4.74 Å². The molecule has 0 aromatic heterocycles. The van der Waals surface area contributed by atoms with Gasteiger partial charge in [0.05, 0.1) is 24.1 Å². The van der Waals surface area contributed by atoms with Crippen molar-refractivity contribution in [2.75, 3.05) is 32.0 Å². The molecule has 0 saturated carbocycles. The van der Waals surface area contributed by atoms with Crippen LogP contribution in [-0.2, 0) is 14.3 Å². The van der Waals surface area contributed by atoms with Crippen molar-refractivity contribution in [2.24, 2.45) is 11.8 Å². The molecule has 9 heteroatoms. The Hall–Kier alpha value is -1.32. The lowest BCUT2D eigenvalue weighted by Crippen LogP contribution is -2.53. The second-order valence-corrected chi connectivity index (χ2v) is 8.93. The van der Waals surface area contributed by atoms with E-state index in [0.717, 1.165) is 38.2 Å². The lowest BCUT2D eigenvalue weighted by molar-refractivity contribution is -0.128. The predicted octanol–water partition coefficient (Wildman–Crippen LogP) is 1.27. The monoisotopic (exact) mass is 412 g/mol. The van der Waals surface area contributed by atoms with Crippen LogP contribution >= 0.6 is 11.8 Å². The molecule has 158 valence electrons. The summed E-state index contributed by atoms with van der Waals surface area (Å²) in [7, 11) is 0. The molecule has 3 N–H and O–H groups in total. The first kappa shape index (κ1) is 21.4. The van der Waals surface area contributed by atoms with Gasteiger partial charge in [-0.25, -0.2) is 4.79 Å². The highest BCUT2D eigenvalue weighted by Gasteiger charge is 2.37. The third kappa shape index (κ3) is 5.61. The Balaban J connectivity index is 1.44. The second-order valence-electron chi connectivity index (χ2n) is 7.68. The van der Waals surface area contributed by atoms with Crippen LogP contribution in [0.3, 0.4) is 0 Å². The Morgan fingerprint density at radius 1 is 1.11 bits per heavy atom. The molecule has 3 unspecified atom stereocenters. The van der Waals surface area contributed by atoms with Gasteiger partial charge >= 0.3 is 6.09 Å². The Kier molecular flexibility index (Phi) is 7.99. The number of likely N-dealkylation sites (tertiary alicyclic amines) is 1. The maximum absolute atomic E-state index is 12.7. The smallest absolute Gasteiger partial charge is 0.413 e. The SMILES string of the molecule is CCOC(=O)NC(=O)C1CCSC1NC(=O)C1CCN(C2CCCCN2)CC1. The van der Waals surface area contributed by atoms with Gasteiger partial charge in [0.15, 0.2) is 0 Å². The molecule has 3 heterocycles. The number of piperidine rings is 2. The van der Waals surface area contributed by atoms with E-state index in [1.807, 2.05) is 0 Å². The average Bonchev–Trinajstić information content (AvgIpc) is 3.17. The van der Waals surface area contributed by atoms with E-state index >= 15 is 0 Å². The molecule has 0 spiro atoms. The third-order valence-corrected chi connectivity index (χ3v) is 7.12. The molecule has 8 nitrogen and oxygen atoms in total. The number of rotatable bonds is 5. The fourth-order valence-electron chi connectivity index (χ4n) is 4.24. The third-order valence-electron chi connectivity index (χ3n) is 5.84.